The second-order valence-electron chi connectivity index (χ2n) is 6.82. The van der Waals surface area contributed by atoms with Crippen LogP contribution >= 0.6 is 0 Å². The average molecular weight is 474 g/mol. The van der Waals surface area contributed by atoms with Gasteiger partial charge in [-0.05, 0) is 29.8 Å². The molecule has 3 amide bonds. The molecule has 1 aliphatic rings. The molecule has 0 saturated carbocycles. The standard InChI is InChI=1S/C20H18N4O8S/c25-12-13-1-4-15(5-2-13)22-33(31,32)17-6-3-14(11-16(17)24(29)30)20(28)21-9-10-23-18(26)7-8-19(23)27/h1-8,11,22,25H,9-10,12H2,(H,21,28). The van der Waals surface area contributed by atoms with Crippen molar-refractivity contribution in [3.63, 3.8) is 0 Å². The predicted octanol–water partition coefficient (Wildman–Crippen LogP) is 0.543. The number of sulfonamides is 1. The molecule has 1 aliphatic heterocycles. The molecule has 0 unspecified atom stereocenters. The minimum atomic E-state index is -4.37. The quantitative estimate of drug-likeness (QED) is 0.268. The molecule has 1 heterocycles. The minimum Gasteiger partial charge on any atom is -0.392 e. The molecule has 0 bridgehead atoms. The van der Waals surface area contributed by atoms with E-state index in [1.807, 2.05) is 0 Å². The Kier molecular flexibility index (Phi) is 6.84. The van der Waals surface area contributed by atoms with Gasteiger partial charge in [-0.2, -0.15) is 0 Å². The number of hydrogen-bond donors (Lipinski definition) is 3. The van der Waals surface area contributed by atoms with Gasteiger partial charge in [0.15, 0.2) is 4.90 Å². The number of rotatable bonds is 9. The first-order valence-corrected chi connectivity index (χ1v) is 10.9. The van der Waals surface area contributed by atoms with Crippen molar-refractivity contribution in [2.75, 3.05) is 17.8 Å². The Bertz CT molecular complexity index is 1240. The number of carbonyl (C=O) groups excluding carboxylic acids is 3. The molecule has 2 aromatic carbocycles. The predicted molar refractivity (Wildman–Crippen MR) is 114 cm³/mol. The van der Waals surface area contributed by atoms with E-state index in [9.17, 15) is 32.9 Å². The molecule has 0 aliphatic carbocycles. The number of aliphatic hydroxyl groups excluding tert-OH is 1. The van der Waals surface area contributed by atoms with Gasteiger partial charge in [0.2, 0.25) is 0 Å². The molecular formula is C20H18N4O8S. The number of anilines is 1. The van der Waals surface area contributed by atoms with Crippen LogP contribution in [0.1, 0.15) is 15.9 Å². The van der Waals surface area contributed by atoms with Crippen molar-refractivity contribution < 1.29 is 32.8 Å². The smallest absolute Gasteiger partial charge is 0.290 e. The zero-order valence-corrected chi connectivity index (χ0v) is 17.7. The number of benzene rings is 2. The molecular weight excluding hydrogens is 456 g/mol. The van der Waals surface area contributed by atoms with Gasteiger partial charge in [-0.15, -0.1) is 0 Å². The zero-order chi connectivity index (χ0) is 24.2. The monoisotopic (exact) mass is 474 g/mol. The third kappa shape index (κ3) is 5.39. The van der Waals surface area contributed by atoms with E-state index in [4.69, 9.17) is 5.11 Å². The lowest BCUT2D eigenvalue weighted by Gasteiger charge is -2.14. The summed E-state index contributed by atoms with van der Waals surface area (Å²) in [6.07, 6.45) is 2.20. The van der Waals surface area contributed by atoms with Gasteiger partial charge in [0.1, 0.15) is 0 Å². The van der Waals surface area contributed by atoms with Crippen molar-refractivity contribution in [3.8, 4) is 0 Å². The number of aliphatic hydroxyl groups is 1. The van der Waals surface area contributed by atoms with Gasteiger partial charge in [-0.25, -0.2) is 8.42 Å². The summed E-state index contributed by atoms with van der Waals surface area (Å²) in [6, 6.07) is 8.63. The second kappa shape index (κ2) is 9.58. The maximum absolute atomic E-state index is 12.7. The first kappa shape index (κ1) is 23.6. The minimum absolute atomic E-state index is 0.0933. The molecule has 0 radical (unpaired) electrons. The van der Waals surface area contributed by atoms with E-state index in [0.29, 0.717) is 5.56 Å². The number of nitrogens with one attached hydrogen (secondary N) is 2. The highest BCUT2D eigenvalue weighted by atomic mass is 32.2. The van der Waals surface area contributed by atoms with Crippen LogP contribution in [0.2, 0.25) is 0 Å². The van der Waals surface area contributed by atoms with Crippen LogP contribution in [0.25, 0.3) is 0 Å². The molecule has 0 saturated heterocycles. The van der Waals surface area contributed by atoms with Gasteiger partial charge in [0, 0.05) is 42.6 Å². The van der Waals surface area contributed by atoms with Crippen molar-refractivity contribution in [1.29, 1.82) is 0 Å². The second-order valence-corrected chi connectivity index (χ2v) is 8.47. The number of carbonyl (C=O) groups is 3. The van der Waals surface area contributed by atoms with Crippen LogP contribution in [0.15, 0.2) is 59.5 Å². The zero-order valence-electron chi connectivity index (χ0n) is 16.9. The van der Waals surface area contributed by atoms with Crippen LogP contribution < -0.4 is 10.0 Å². The van der Waals surface area contributed by atoms with Gasteiger partial charge in [0.25, 0.3) is 33.4 Å². The molecule has 3 rings (SSSR count). The third-order valence-corrected chi connectivity index (χ3v) is 6.05. The molecule has 0 fully saturated rings. The Morgan fingerprint density at radius 3 is 2.27 bits per heavy atom. The first-order chi connectivity index (χ1) is 15.6. The van der Waals surface area contributed by atoms with E-state index >= 15 is 0 Å². The lowest BCUT2D eigenvalue weighted by atomic mass is 10.2. The van der Waals surface area contributed by atoms with Crippen molar-refractivity contribution >= 4 is 39.1 Å². The van der Waals surface area contributed by atoms with Crippen molar-refractivity contribution in [3.05, 3.63) is 75.9 Å². The lowest BCUT2D eigenvalue weighted by molar-refractivity contribution is -0.387. The van der Waals surface area contributed by atoms with E-state index in [2.05, 4.69) is 10.0 Å². The maximum atomic E-state index is 12.7. The molecule has 3 N–H and O–H groups in total. The van der Waals surface area contributed by atoms with Gasteiger partial charge in [-0.3, -0.25) is 34.1 Å². The Balaban J connectivity index is 1.75. The van der Waals surface area contributed by atoms with Crippen LogP contribution in [0, 0.1) is 10.1 Å². The van der Waals surface area contributed by atoms with E-state index in [1.54, 1.807) is 0 Å². The largest absolute Gasteiger partial charge is 0.392 e. The molecule has 12 nitrogen and oxygen atoms in total. The van der Waals surface area contributed by atoms with Crippen LogP contribution in [0.5, 0.6) is 0 Å². The lowest BCUT2D eigenvalue weighted by Crippen LogP contribution is -2.38. The molecule has 172 valence electrons. The fourth-order valence-electron chi connectivity index (χ4n) is 2.95. The number of imide groups is 1. The molecule has 0 aromatic heterocycles. The van der Waals surface area contributed by atoms with Gasteiger partial charge in [-0.1, -0.05) is 12.1 Å². The molecule has 33 heavy (non-hydrogen) atoms. The number of hydrogen-bond acceptors (Lipinski definition) is 8. The third-order valence-electron chi connectivity index (χ3n) is 4.62. The number of nitrogens with zero attached hydrogens (tertiary/aromatic N) is 2. The van der Waals surface area contributed by atoms with Gasteiger partial charge in [0.05, 0.1) is 11.5 Å². The van der Waals surface area contributed by atoms with Crippen LogP contribution in [0.4, 0.5) is 11.4 Å². The summed E-state index contributed by atoms with van der Waals surface area (Å²) in [5, 5.41) is 23.0. The number of amides is 3. The van der Waals surface area contributed by atoms with Crippen LogP contribution in [-0.4, -0.2) is 54.2 Å². The summed E-state index contributed by atoms with van der Waals surface area (Å²) in [4.78, 5) is 46.2. The van der Waals surface area contributed by atoms with Gasteiger partial charge < -0.3 is 10.4 Å². The average Bonchev–Trinajstić information content (AvgIpc) is 3.11. The summed E-state index contributed by atoms with van der Waals surface area (Å²) in [5.41, 5.74) is -0.306. The summed E-state index contributed by atoms with van der Waals surface area (Å²) in [7, 11) is -4.37. The Morgan fingerprint density at radius 1 is 1.06 bits per heavy atom. The number of nitro groups is 1. The van der Waals surface area contributed by atoms with E-state index in [0.717, 1.165) is 35.3 Å². The fourth-order valence-corrected chi connectivity index (χ4v) is 4.16. The van der Waals surface area contributed by atoms with Crippen molar-refractivity contribution in [2.24, 2.45) is 0 Å². The SMILES string of the molecule is O=C(NCCN1C(=O)C=CC1=O)c1ccc(S(=O)(=O)Nc2ccc(CO)cc2)c([N+](=O)[O-])c1. The molecule has 13 heteroatoms. The summed E-state index contributed by atoms with van der Waals surface area (Å²) in [6.45, 7) is -0.426. The van der Waals surface area contributed by atoms with E-state index in [-0.39, 0.29) is 30.9 Å². The highest BCUT2D eigenvalue weighted by Crippen LogP contribution is 2.27. The van der Waals surface area contributed by atoms with Crippen molar-refractivity contribution in [1.82, 2.24) is 10.2 Å². The van der Waals surface area contributed by atoms with Crippen LogP contribution in [0.3, 0.4) is 0 Å². The van der Waals surface area contributed by atoms with Crippen LogP contribution in [-0.2, 0) is 26.2 Å². The highest BCUT2D eigenvalue weighted by Gasteiger charge is 2.28. The maximum Gasteiger partial charge on any atom is 0.290 e. The highest BCUT2D eigenvalue weighted by molar-refractivity contribution is 7.92. The molecule has 0 atom stereocenters. The van der Waals surface area contributed by atoms with Gasteiger partial charge >= 0.3 is 0 Å². The summed E-state index contributed by atoms with van der Waals surface area (Å²) < 4.78 is 27.6. The molecule has 2 aromatic rings. The summed E-state index contributed by atoms with van der Waals surface area (Å²) >= 11 is 0. The summed E-state index contributed by atoms with van der Waals surface area (Å²) in [5.74, 6) is -1.78. The van der Waals surface area contributed by atoms with Crippen molar-refractivity contribution in [2.45, 2.75) is 11.5 Å². The first-order valence-electron chi connectivity index (χ1n) is 9.45. The number of nitro benzene ring substituents is 1. The Labute approximate surface area is 187 Å². The van der Waals surface area contributed by atoms with E-state index in [1.165, 1.54) is 24.3 Å². The topological polar surface area (TPSA) is 176 Å². The van der Waals surface area contributed by atoms with E-state index < -0.39 is 43.3 Å². The fraction of sp³-hybridized carbons (Fsp3) is 0.150. The normalized spacial score (nSPS) is 13.3. The Hall–Kier alpha value is -4.10. The molecule has 0 spiro atoms. The Morgan fingerprint density at radius 2 is 1.70 bits per heavy atom.